The second-order valence-corrected chi connectivity index (χ2v) is 6.34. The van der Waals surface area contributed by atoms with Crippen molar-refractivity contribution in [2.24, 2.45) is 0 Å². The van der Waals surface area contributed by atoms with E-state index in [9.17, 15) is 14.9 Å². The van der Waals surface area contributed by atoms with Crippen molar-refractivity contribution in [3.8, 4) is 0 Å². The molecule has 0 saturated carbocycles. The first-order valence-electron chi connectivity index (χ1n) is 7.66. The molecule has 1 amide bonds. The number of aromatic nitrogens is 2. The molecule has 1 aromatic heterocycles. The van der Waals surface area contributed by atoms with Crippen LogP contribution in [0.1, 0.15) is 38.6 Å². The highest BCUT2D eigenvalue weighted by Crippen LogP contribution is 2.34. The number of nitrogens with zero attached hydrogens (tertiary/aromatic N) is 4. The summed E-state index contributed by atoms with van der Waals surface area (Å²) < 4.78 is 1.34. The average molecular weight is 307 g/mol. The van der Waals surface area contributed by atoms with Gasteiger partial charge in [0, 0.05) is 18.1 Å². The summed E-state index contributed by atoms with van der Waals surface area (Å²) in [7, 11) is 2.16. The molecular formula is C14H21N5O3. The summed E-state index contributed by atoms with van der Waals surface area (Å²) in [5, 5.41) is 17.7. The van der Waals surface area contributed by atoms with Gasteiger partial charge in [-0.15, -0.1) is 0 Å². The van der Waals surface area contributed by atoms with Gasteiger partial charge >= 0.3 is 5.69 Å². The van der Waals surface area contributed by atoms with Gasteiger partial charge in [0.05, 0.1) is 4.92 Å². The van der Waals surface area contributed by atoms with E-state index in [1.54, 1.807) is 6.92 Å². The van der Waals surface area contributed by atoms with Gasteiger partial charge in [-0.3, -0.25) is 19.6 Å². The lowest BCUT2D eigenvalue weighted by Gasteiger charge is -2.36. The predicted molar refractivity (Wildman–Crippen MR) is 79.3 cm³/mol. The molecule has 0 spiro atoms. The lowest BCUT2D eigenvalue weighted by atomic mass is 9.98. The van der Waals surface area contributed by atoms with Crippen LogP contribution < -0.4 is 5.32 Å². The number of carbonyl (C=O) groups is 1. The van der Waals surface area contributed by atoms with Crippen LogP contribution in [-0.4, -0.2) is 50.7 Å². The van der Waals surface area contributed by atoms with Crippen molar-refractivity contribution in [3.05, 3.63) is 22.5 Å². The predicted octanol–water partition coefficient (Wildman–Crippen LogP) is 1.09. The van der Waals surface area contributed by atoms with E-state index in [-0.39, 0.29) is 17.6 Å². The zero-order valence-electron chi connectivity index (χ0n) is 12.8. The van der Waals surface area contributed by atoms with E-state index in [0.29, 0.717) is 12.1 Å². The summed E-state index contributed by atoms with van der Waals surface area (Å²) in [4.78, 5) is 24.9. The molecule has 120 valence electrons. The average Bonchev–Trinajstić information content (AvgIpc) is 3.02. The van der Waals surface area contributed by atoms with Crippen molar-refractivity contribution in [2.45, 2.75) is 56.8 Å². The van der Waals surface area contributed by atoms with Crippen LogP contribution in [0.5, 0.6) is 0 Å². The van der Waals surface area contributed by atoms with Crippen LogP contribution in [0, 0.1) is 10.1 Å². The van der Waals surface area contributed by atoms with Gasteiger partial charge in [0.1, 0.15) is 18.4 Å². The van der Waals surface area contributed by atoms with Gasteiger partial charge in [-0.05, 0) is 39.7 Å². The Morgan fingerprint density at radius 2 is 2.09 bits per heavy atom. The molecule has 0 radical (unpaired) electrons. The van der Waals surface area contributed by atoms with Crippen LogP contribution in [-0.2, 0) is 4.79 Å². The van der Waals surface area contributed by atoms with E-state index in [0.717, 1.165) is 12.8 Å². The van der Waals surface area contributed by atoms with E-state index in [2.05, 4.69) is 22.4 Å². The van der Waals surface area contributed by atoms with Gasteiger partial charge in [-0.25, -0.2) is 0 Å². The van der Waals surface area contributed by atoms with Crippen molar-refractivity contribution in [3.63, 3.8) is 0 Å². The third-order valence-corrected chi connectivity index (χ3v) is 5.02. The Morgan fingerprint density at radius 3 is 2.64 bits per heavy atom. The lowest BCUT2D eigenvalue weighted by Crippen LogP contribution is -2.49. The van der Waals surface area contributed by atoms with Gasteiger partial charge in [-0.2, -0.15) is 5.10 Å². The molecular weight excluding hydrogens is 286 g/mol. The van der Waals surface area contributed by atoms with Crippen molar-refractivity contribution in [2.75, 3.05) is 7.05 Å². The van der Waals surface area contributed by atoms with Crippen LogP contribution in [0.3, 0.4) is 0 Å². The summed E-state index contributed by atoms with van der Waals surface area (Å²) in [6.07, 6.45) is 6.82. The van der Waals surface area contributed by atoms with Crippen molar-refractivity contribution in [1.29, 1.82) is 0 Å². The molecule has 0 aromatic carbocycles. The van der Waals surface area contributed by atoms with Crippen LogP contribution in [0.2, 0.25) is 0 Å². The largest absolute Gasteiger partial charge is 0.351 e. The molecule has 8 nitrogen and oxygen atoms in total. The smallest absolute Gasteiger partial charge is 0.307 e. The van der Waals surface area contributed by atoms with Gasteiger partial charge in [0.2, 0.25) is 5.91 Å². The first-order chi connectivity index (χ1) is 10.5. The second kappa shape index (κ2) is 5.68. The molecule has 3 heterocycles. The Bertz CT molecular complexity index is 573. The standard InChI is InChI=1S/C14H21N5O3/c1-9(18-8-13(7-15-18)19(21)22)14(20)16-10-5-11-3-4-12(6-10)17(11)2/h7-12H,3-6H2,1-2H3,(H,16,20). The first-order valence-corrected chi connectivity index (χ1v) is 7.66. The summed E-state index contributed by atoms with van der Waals surface area (Å²) in [5.41, 5.74) is -0.100. The summed E-state index contributed by atoms with van der Waals surface area (Å²) >= 11 is 0. The van der Waals surface area contributed by atoms with Crippen LogP contribution in [0.4, 0.5) is 5.69 Å². The molecule has 2 saturated heterocycles. The van der Waals surface area contributed by atoms with E-state index < -0.39 is 11.0 Å². The van der Waals surface area contributed by atoms with Gasteiger partial charge < -0.3 is 10.2 Å². The number of fused-ring (bicyclic) bond motifs is 2. The molecule has 1 aromatic rings. The molecule has 3 rings (SSSR count). The minimum Gasteiger partial charge on any atom is -0.351 e. The Morgan fingerprint density at radius 1 is 1.45 bits per heavy atom. The monoisotopic (exact) mass is 307 g/mol. The van der Waals surface area contributed by atoms with Crippen LogP contribution >= 0.6 is 0 Å². The Labute approximate surface area is 128 Å². The number of rotatable bonds is 4. The fourth-order valence-electron chi connectivity index (χ4n) is 3.61. The summed E-state index contributed by atoms with van der Waals surface area (Å²) in [6, 6.07) is 0.760. The summed E-state index contributed by atoms with van der Waals surface area (Å²) in [6.45, 7) is 1.70. The highest BCUT2D eigenvalue weighted by molar-refractivity contribution is 5.80. The molecule has 2 aliphatic rings. The van der Waals surface area contributed by atoms with E-state index in [1.165, 1.54) is 29.9 Å². The number of nitro groups is 1. The number of carbonyl (C=O) groups excluding carboxylic acids is 1. The topological polar surface area (TPSA) is 93.3 Å². The zero-order valence-corrected chi connectivity index (χ0v) is 12.8. The minimum atomic E-state index is -0.550. The number of amides is 1. The molecule has 2 aliphatic heterocycles. The Hall–Kier alpha value is -1.96. The lowest BCUT2D eigenvalue weighted by molar-refractivity contribution is -0.385. The molecule has 1 N–H and O–H groups in total. The number of nitrogens with one attached hydrogen (secondary N) is 1. The van der Waals surface area contributed by atoms with Gasteiger partial charge in [0.25, 0.3) is 0 Å². The van der Waals surface area contributed by atoms with Crippen LogP contribution in [0.15, 0.2) is 12.4 Å². The van der Waals surface area contributed by atoms with Crippen LogP contribution in [0.25, 0.3) is 0 Å². The first kappa shape index (κ1) is 15.0. The Balaban J connectivity index is 1.60. The molecule has 8 heteroatoms. The fourth-order valence-corrected chi connectivity index (χ4v) is 3.61. The van der Waals surface area contributed by atoms with E-state index >= 15 is 0 Å². The van der Waals surface area contributed by atoms with E-state index in [4.69, 9.17) is 0 Å². The van der Waals surface area contributed by atoms with Gasteiger partial charge in [-0.1, -0.05) is 0 Å². The maximum atomic E-state index is 12.4. The minimum absolute atomic E-state index is 0.100. The highest BCUT2D eigenvalue weighted by atomic mass is 16.6. The maximum absolute atomic E-state index is 12.4. The zero-order chi connectivity index (χ0) is 15.9. The number of hydrogen-bond donors (Lipinski definition) is 1. The molecule has 2 fully saturated rings. The molecule has 22 heavy (non-hydrogen) atoms. The molecule has 3 unspecified atom stereocenters. The second-order valence-electron chi connectivity index (χ2n) is 6.34. The van der Waals surface area contributed by atoms with Crippen molar-refractivity contribution >= 4 is 11.6 Å². The van der Waals surface area contributed by atoms with Crippen molar-refractivity contribution in [1.82, 2.24) is 20.0 Å². The number of hydrogen-bond acceptors (Lipinski definition) is 5. The maximum Gasteiger partial charge on any atom is 0.307 e. The number of piperidine rings is 1. The highest BCUT2D eigenvalue weighted by Gasteiger charge is 2.39. The SMILES string of the molecule is CC(C(=O)NC1CC2CCC(C1)N2C)n1cc([N+](=O)[O-])cn1. The summed E-state index contributed by atoms with van der Waals surface area (Å²) in [5.74, 6) is -0.132. The third-order valence-electron chi connectivity index (χ3n) is 5.02. The normalized spacial score (nSPS) is 29.3. The molecule has 2 bridgehead atoms. The van der Waals surface area contributed by atoms with Crippen molar-refractivity contribution < 1.29 is 9.72 Å². The third kappa shape index (κ3) is 2.70. The van der Waals surface area contributed by atoms with E-state index in [1.807, 2.05) is 0 Å². The van der Waals surface area contributed by atoms with Gasteiger partial charge in [0.15, 0.2) is 0 Å². The molecule has 3 atom stereocenters. The quantitative estimate of drug-likeness (QED) is 0.664. The molecule has 0 aliphatic carbocycles. The fraction of sp³-hybridized carbons (Fsp3) is 0.714. The Kier molecular flexibility index (Phi) is 3.86.